The molecule has 4 aliphatic carbocycles. The molecule has 3 heteroatoms. The van der Waals surface area contributed by atoms with Gasteiger partial charge in [-0.15, -0.1) is 0 Å². The Kier molecular flexibility index (Phi) is 3.18. The Bertz CT molecular complexity index is 452. The van der Waals surface area contributed by atoms with Gasteiger partial charge in [-0.25, -0.2) is 0 Å². The van der Waals surface area contributed by atoms with Gasteiger partial charge in [-0.05, 0) is 81.1 Å². The summed E-state index contributed by atoms with van der Waals surface area (Å²) >= 11 is 0. The summed E-state index contributed by atoms with van der Waals surface area (Å²) in [6.45, 7) is 6.04. The molecule has 3 nitrogen and oxygen atoms in total. The molecule has 4 saturated carbocycles. The molecule has 2 N–H and O–H groups in total. The van der Waals surface area contributed by atoms with Crippen LogP contribution in [0.1, 0.15) is 52.4 Å². The molecule has 5 rings (SSSR count). The highest BCUT2D eigenvalue weighted by atomic mass is 16.1. The van der Waals surface area contributed by atoms with E-state index in [1.54, 1.807) is 0 Å². The maximum absolute atomic E-state index is 12.5. The second-order valence-electron chi connectivity index (χ2n) is 8.31. The van der Waals surface area contributed by atoms with Crippen molar-refractivity contribution in [2.45, 2.75) is 58.4 Å². The van der Waals surface area contributed by atoms with Crippen molar-refractivity contribution in [3.63, 3.8) is 0 Å². The van der Waals surface area contributed by atoms with Gasteiger partial charge in [-0.1, -0.05) is 0 Å². The average molecular weight is 288 g/mol. The quantitative estimate of drug-likeness (QED) is 0.784. The molecule has 1 saturated heterocycles. The fraction of sp³-hybridized carbons (Fsp3) is 0.833. The first kappa shape index (κ1) is 13.8. The molecule has 5 aliphatic rings. The highest BCUT2D eigenvalue weighted by Crippen LogP contribution is 2.61. The van der Waals surface area contributed by atoms with Gasteiger partial charge in [0.1, 0.15) is 0 Å². The average Bonchev–Trinajstić information content (AvgIpc) is 2.34. The summed E-state index contributed by atoms with van der Waals surface area (Å²) in [6.07, 6.45) is 8.48. The Morgan fingerprint density at radius 2 is 1.67 bits per heavy atom. The van der Waals surface area contributed by atoms with Crippen LogP contribution in [0, 0.1) is 23.2 Å². The summed E-state index contributed by atoms with van der Waals surface area (Å²) < 4.78 is 0. The fourth-order valence-corrected chi connectivity index (χ4v) is 5.84. The lowest BCUT2D eigenvalue weighted by Gasteiger charge is -2.59. The topological polar surface area (TPSA) is 41.1 Å². The third-order valence-electron chi connectivity index (χ3n) is 6.90. The van der Waals surface area contributed by atoms with Crippen molar-refractivity contribution in [2.24, 2.45) is 23.2 Å². The van der Waals surface area contributed by atoms with Crippen LogP contribution in [0.2, 0.25) is 0 Å². The zero-order valence-electron chi connectivity index (χ0n) is 13.4. The predicted molar refractivity (Wildman–Crippen MR) is 83.8 cm³/mol. The van der Waals surface area contributed by atoms with Gasteiger partial charge in [-0.3, -0.25) is 4.79 Å². The van der Waals surface area contributed by atoms with Crippen LogP contribution in [-0.4, -0.2) is 25.0 Å². The van der Waals surface area contributed by atoms with Gasteiger partial charge in [0.15, 0.2) is 0 Å². The van der Waals surface area contributed by atoms with E-state index in [1.807, 2.05) is 6.92 Å². The van der Waals surface area contributed by atoms with Crippen LogP contribution in [0.4, 0.5) is 0 Å². The van der Waals surface area contributed by atoms with Crippen LogP contribution in [0.5, 0.6) is 0 Å². The highest BCUT2D eigenvalue weighted by Gasteiger charge is 2.53. The molecule has 0 aromatic rings. The minimum atomic E-state index is 0.176. The number of carbonyl (C=O) groups excluding carboxylic acids is 1. The monoisotopic (exact) mass is 288 g/mol. The number of carbonyl (C=O) groups is 1. The molecule has 4 bridgehead atoms. The normalized spacial score (nSPS) is 41.6. The minimum Gasteiger partial charge on any atom is -0.349 e. The maximum atomic E-state index is 12.5. The van der Waals surface area contributed by atoms with Crippen molar-refractivity contribution >= 4 is 5.91 Å². The summed E-state index contributed by atoms with van der Waals surface area (Å²) in [7, 11) is 0. The lowest BCUT2D eigenvalue weighted by atomic mass is 9.48. The highest BCUT2D eigenvalue weighted by molar-refractivity contribution is 5.94. The van der Waals surface area contributed by atoms with Crippen molar-refractivity contribution in [3.05, 3.63) is 11.1 Å². The zero-order chi connectivity index (χ0) is 14.6. The first-order chi connectivity index (χ1) is 10.1. The fourth-order valence-electron chi connectivity index (χ4n) is 5.84. The van der Waals surface area contributed by atoms with Crippen molar-refractivity contribution in [2.75, 3.05) is 13.1 Å². The van der Waals surface area contributed by atoms with E-state index in [-0.39, 0.29) is 5.91 Å². The Balaban J connectivity index is 1.47. The van der Waals surface area contributed by atoms with Crippen molar-refractivity contribution < 1.29 is 4.79 Å². The van der Waals surface area contributed by atoms with Crippen LogP contribution in [0.3, 0.4) is 0 Å². The van der Waals surface area contributed by atoms with Gasteiger partial charge < -0.3 is 10.6 Å². The standard InChI is InChI=1S/C18H28N2O/c1-11(16-9-19-10-16)17(21)20-12(2)18-6-13-3-14(7-18)5-15(4-13)8-18/h12-15,19H,3-10H2,1-2H3,(H,20,21). The van der Waals surface area contributed by atoms with Gasteiger partial charge in [0.25, 0.3) is 0 Å². The van der Waals surface area contributed by atoms with Gasteiger partial charge in [0.2, 0.25) is 5.91 Å². The predicted octanol–water partition coefficient (Wildman–Crippen LogP) is 2.63. The SMILES string of the molecule is CC(C(=O)NC(C)C12CC3CC(CC(C3)C1)C2)=C1CNC1. The van der Waals surface area contributed by atoms with E-state index < -0.39 is 0 Å². The molecule has 116 valence electrons. The van der Waals surface area contributed by atoms with Gasteiger partial charge in [-0.2, -0.15) is 0 Å². The second kappa shape index (κ2) is 4.84. The third kappa shape index (κ3) is 2.25. The van der Waals surface area contributed by atoms with Crippen molar-refractivity contribution in [1.82, 2.24) is 10.6 Å². The summed E-state index contributed by atoms with van der Waals surface area (Å²) in [6, 6.07) is 0.335. The van der Waals surface area contributed by atoms with Gasteiger partial charge >= 0.3 is 0 Å². The van der Waals surface area contributed by atoms with Gasteiger partial charge in [0.05, 0.1) is 0 Å². The molecule has 1 heterocycles. The smallest absolute Gasteiger partial charge is 0.247 e. The van der Waals surface area contributed by atoms with Crippen molar-refractivity contribution in [1.29, 1.82) is 0 Å². The van der Waals surface area contributed by atoms with Crippen LogP contribution < -0.4 is 10.6 Å². The number of hydrogen-bond donors (Lipinski definition) is 2. The van der Waals surface area contributed by atoms with E-state index in [4.69, 9.17) is 0 Å². The molecule has 0 spiro atoms. The molecule has 0 aromatic carbocycles. The molecular formula is C18H28N2O. The van der Waals surface area contributed by atoms with Crippen LogP contribution >= 0.6 is 0 Å². The van der Waals surface area contributed by atoms with E-state index in [2.05, 4.69) is 17.6 Å². The molecule has 1 amide bonds. The van der Waals surface area contributed by atoms with E-state index in [9.17, 15) is 4.79 Å². The molecule has 1 atom stereocenters. The summed E-state index contributed by atoms with van der Waals surface area (Å²) in [5, 5.41) is 6.58. The number of nitrogens with one attached hydrogen (secondary N) is 2. The van der Waals surface area contributed by atoms with E-state index in [1.165, 1.54) is 44.1 Å². The lowest BCUT2D eigenvalue weighted by Crippen LogP contribution is -2.56. The molecule has 5 fully saturated rings. The maximum Gasteiger partial charge on any atom is 0.247 e. The Morgan fingerprint density at radius 1 is 1.14 bits per heavy atom. The minimum absolute atomic E-state index is 0.176. The number of hydrogen-bond acceptors (Lipinski definition) is 2. The summed E-state index contributed by atoms with van der Waals surface area (Å²) in [4.78, 5) is 12.5. The molecule has 1 aliphatic heterocycles. The molecule has 21 heavy (non-hydrogen) atoms. The first-order valence-corrected chi connectivity index (χ1v) is 8.76. The second-order valence-corrected chi connectivity index (χ2v) is 8.31. The molecule has 1 unspecified atom stereocenters. The summed E-state index contributed by atoms with van der Waals surface area (Å²) in [5.41, 5.74) is 2.64. The van der Waals surface area contributed by atoms with Crippen molar-refractivity contribution in [3.8, 4) is 0 Å². The number of amides is 1. The number of rotatable bonds is 3. The third-order valence-corrected chi connectivity index (χ3v) is 6.90. The van der Waals surface area contributed by atoms with E-state index in [0.717, 1.165) is 36.4 Å². The van der Waals surface area contributed by atoms with E-state index >= 15 is 0 Å². The Morgan fingerprint density at radius 3 is 2.10 bits per heavy atom. The molecule has 0 aromatic heterocycles. The van der Waals surface area contributed by atoms with Gasteiger partial charge in [0, 0.05) is 24.7 Å². The Labute approximate surface area is 127 Å². The Hall–Kier alpha value is -0.830. The first-order valence-electron chi connectivity index (χ1n) is 8.76. The van der Waals surface area contributed by atoms with Crippen LogP contribution in [-0.2, 0) is 4.79 Å². The van der Waals surface area contributed by atoms with E-state index in [0.29, 0.717) is 11.5 Å². The summed E-state index contributed by atoms with van der Waals surface area (Å²) in [5.74, 6) is 3.03. The van der Waals surface area contributed by atoms with Crippen LogP contribution in [0.25, 0.3) is 0 Å². The molecule has 0 radical (unpaired) electrons. The van der Waals surface area contributed by atoms with Crippen LogP contribution in [0.15, 0.2) is 11.1 Å². The lowest BCUT2D eigenvalue weighted by molar-refractivity contribution is -0.122. The zero-order valence-corrected chi connectivity index (χ0v) is 13.4. The largest absolute Gasteiger partial charge is 0.349 e. The molecular weight excluding hydrogens is 260 g/mol.